The predicted molar refractivity (Wildman–Crippen MR) is 73.6 cm³/mol. The van der Waals surface area contributed by atoms with E-state index in [1.165, 1.54) is 0 Å². The van der Waals surface area contributed by atoms with E-state index in [4.69, 9.17) is 4.74 Å². The summed E-state index contributed by atoms with van der Waals surface area (Å²) in [6.07, 6.45) is -4.14. The minimum atomic E-state index is -4.15. The predicted octanol–water partition coefficient (Wildman–Crippen LogP) is 2.85. The van der Waals surface area contributed by atoms with E-state index < -0.39 is 12.6 Å². The van der Waals surface area contributed by atoms with Crippen LogP contribution in [-0.2, 0) is 0 Å². The van der Waals surface area contributed by atoms with Gasteiger partial charge >= 0.3 is 12.2 Å². The van der Waals surface area contributed by atoms with Crippen LogP contribution in [-0.4, -0.2) is 40.8 Å². The lowest BCUT2D eigenvalue weighted by Gasteiger charge is -2.10. The van der Waals surface area contributed by atoms with Crippen LogP contribution in [0.4, 0.5) is 25.1 Å². The second-order valence-electron chi connectivity index (χ2n) is 4.27. The van der Waals surface area contributed by atoms with Gasteiger partial charge in [0.25, 0.3) is 0 Å². The van der Waals surface area contributed by atoms with Crippen LogP contribution in [0.5, 0.6) is 6.01 Å². The minimum Gasteiger partial charge on any atom is -0.464 e. The van der Waals surface area contributed by atoms with Crippen molar-refractivity contribution < 1.29 is 17.9 Å². The molecule has 0 bridgehead atoms. The van der Waals surface area contributed by atoms with Crippen LogP contribution in [0.3, 0.4) is 0 Å². The smallest absolute Gasteiger partial charge is 0.389 e. The lowest BCUT2D eigenvalue weighted by Crippen LogP contribution is -2.14. The molecule has 0 spiro atoms. The van der Waals surface area contributed by atoms with Gasteiger partial charge in [-0.15, -0.1) is 0 Å². The molecule has 0 aromatic carbocycles. The maximum atomic E-state index is 12.1. The molecule has 0 amide bonds. The van der Waals surface area contributed by atoms with Crippen LogP contribution in [0.25, 0.3) is 0 Å². The Morgan fingerprint density at radius 2 is 1.62 bits per heavy atom. The first-order chi connectivity index (χ1) is 9.94. The number of nitrogens with one attached hydrogen (secondary N) is 2. The van der Waals surface area contributed by atoms with Gasteiger partial charge in [-0.05, 0) is 19.8 Å². The largest absolute Gasteiger partial charge is 0.464 e. The molecule has 6 nitrogen and oxygen atoms in total. The van der Waals surface area contributed by atoms with Crippen molar-refractivity contribution in [1.29, 1.82) is 0 Å². The van der Waals surface area contributed by atoms with Gasteiger partial charge in [-0.2, -0.15) is 28.1 Å². The molecule has 0 aliphatic rings. The normalized spacial score (nSPS) is 11.3. The van der Waals surface area contributed by atoms with Gasteiger partial charge < -0.3 is 15.4 Å². The third-order valence-electron chi connectivity index (χ3n) is 2.34. The molecule has 0 unspecified atom stereocenters. The van der Waals surface area contributed by atoms with Gasteiger partial charge in [-0.25, -0.2) is 0 Å². The van der Waals surface area contributed by atoms with Crippen LogP contribution in [0, 0.1) is 0 Å². The fourth-order valence-corrected chi connectivity index (χ4v) is 1.43. The van der Waals surface area contributed by atoms with Gasteiger partial charge in [-0.1, -0.05) is 6.92 Å². The van der Waals surface area contributed by atoms with Crippen molar-refractivity contribution in [2.75, 3.05) is 30.3 Å². The number of nitrogens with zero attached hydrogens (tertiary/aromatic N) is 3. The summed E-state index contributed by atoms with van der Waals surface area (Å²) in [5.41, 5.74) is 0. The summed E-state index contributed by atoms with van der Waals surface area (Å²) in [7, 11) is 0. The maximum absolute atomic E-state index is 12.1. The maximum Gasteiger partial charge on any atom is 0.389 e. The molecule has 0 aliphatic heterocycles. The number of anilines is 2. The number of aromatic nitrogens is 3. The summed E-state index contributed by atoms with van der Waals surface area (Å²) in [5.74, 6) is 0.544. The van der Waals surface area contributed by atoms with Crippen LogP contribution < -0.4 is 15.4 Å². The monoisotopic (exact) mass is 307 g/mol. The topological polar surface area (TPSA) is 72.0 Å². The highest BCUT2D eigenvalue weighted by molar-refractivity contribution is 5.35. The first-order valence-corrected chi connectivity index (χ1v) is 6.88. The summed E-state index contributed by atoms with van der Waals surface area (Å²) in [5, 5.41) is 5.74. The van der Waals surface area contributed by atoms with Gasteiger partial charge in [0.05, 0.1) is 6.61 Å². The van der Waals surface area contributed by atoms with Gasteiger partial charge in [0.15, 0.2) is 0 Å². The molecule has 0 fully saturated rings. The number of ether oxygens (including phenoxy) is 1. The average molecular weight is 307 g/mol. The Hall–Kier alpha value is -1.80. The standard InChI is InChI=1S/C12H20F3N5O/c1-3-7-16-9-18-10(20-11(19-9)21-4-2)17-8-5-6-12(13,14)15/h3-8H2,1-2H3,(H2,16,17,18,19,20). The molecular weight excluding hydrogens is 287 g/mol. The van der Waals surface area contributed by atoms with E-state index in [2.05, 4.69) is 25.6 Å². The quantitative estimate of drug-likeness (QED) is 0.684. The highest BCUT2D eigenvalue weighted by Gasteiger charge is 2.25. The summed E-state index contributed by atoms with van der Waals surface area (Å²) >= 11 is 0. The third kappa shape index (κ3) is 7.52. The lowest BCUT2D eigenvalue weighted by molar-refractivity contribution is -0.134. The Bertz CT molecular complexity index is 428. The third-order valence-corrected chi connectivity index (χ3v) is 2.34. The molecule has 0 atom stereocenters. The van der Waals surface area contributed by atoms with Gasteiger partial charge in [0, 0.05) is 19.5 Å². The number of hydrogen-bond acceptors (Lipinski definition) is 6. The first-order valence-electron chi connectivity index (χ1n) is 6.88. The summed E-state index contributed by atoms with van der Waals surface area (Å²) in [6.45, 7) is 4.99. The van der Waals surface area contributed by atoms with Crippen molar-refractivity contribution in [2.45, 2.75) is 39.3 Å². The Morgan fingerprint density at radius 3 is 2.14 bits per heavy atom. The Balaban J connectivity index is 2.60. The zero-order chi connectivity index (χ0) is 15.7. The SMILES string of the molecule is CCCNc1nc(NCCCC(F)(F)F)nc(OCC)n1. The zero-order valence-corrected chi connectivity index (χ0v) is 12.1. The molecule has 2 N–H and O–H groups in total. The highest BCUT2D eigenvalue weighted by atomic mass is 19.4. The van der Waals surface area contributed by atoms with E-state index >= 15 is 0 Å². The number of rotatable bonds is 9. The highest BCUT2D eigenvalue weighted by Crippen LogP contribution is 2.21. The molecule has 0 aliphatic carbocycles. The molecular formula is C12H20F3N5O. The molecule has 1 rings (SSSR count). The zero-order valence-electron chi connectivity index (χ0n) is 12.1. The summed E-state index contributed by atoms with van der Waals surface area (Å²) < 4.78 is 41.4. The van der Waals surface area contributed by atoms with Crippen molar-refractivity contribution in [3.05, 3.63) is 0 Å². The summed E-state index contributed by atoms with van der Waals surface area (Å²) in [4.78, 5) is 12.1. The van der Waals surface area contributed by atoms with E-state index in [0.717, 1.165) is 6.42 Å². The average Bonchev–Trinajstić information content (AvgIpc) is 2.41. The molecule has 1 aromatic rings. The van der Waals surface area contributed by atoms with Gasteiger partial charge in [0.1, 0.15) is 0 Å². The second kappa shape index (κ2) is 8.48. The van der Waals surface area contributed by atoms with Crippen LogP contribution in [0.1, 0.15) is 33.1 Å². The number of alkyl halides is 3. The van der Waals surface area contributed by atoms with Gasteiger partial charge in [-0.3, -0.25) is 0 Å². The molecule has 0 saturated heterocycles. The van der Waals surface area contributed by atoms with E-state index in [0.29, 0.717) is 19.1 Å². The number of halogens is 3. The molecule has 1 aromatic heterocycles. The Kier molecular flexibility index (Phi) is 6.97. The van der Waals surface area contributed by atoms with Crippen molar-refractivity contribution >= 4 is 11.9 Å². The Morgan fingerprint density at radius 1 is 1.00 bits per heavy atom. The van der Waals surface area contributed by atoms with Crippen molar-refractivity contribution in [1.82, 2.24) is 15.0 Å². The second-order valence-corrected chi connectivity index (χ2v) is 4.27. The fourth-order valence-electron chi connectivity index (χ4n) is 1.43. The molecule has 0 saturated carbocycles. The first kappa shape index (κ1) is 17.3. The van der Waals surface area contributed by atoms with Crippen molar-refractivity contribution in [2.24, 2.45) is 0 Å². The van der Waals surface area contributed by atoms with Crippen LogP contribution in [0.15, 0.2) is 0 Å². The summed E-state index contributed by atoms with van der Waals surface area (Å²) in [6, 6.07) is 0.143. The van der Waals surface area contributed by atoms with Crippen LogP contribution >= 0.6 is 0 Å². The van der Waals surface area contributed by atoms with Crippen molar-refractivity contribution in [3.8, 4) is 6.01 Å². The molecule has 9 heteroatoms. The van der Waals surface area contributed by atoms with Crippen molar-refractivity contribution in [3.63, 3.8) is 0 Å². The van der Waals surface area contributed by atoms with Crippen LogP contribution in [0.2, 0.25) is 0 Å². The van der Waals surface area contributed by atoms with E-state index in [1.54, 1.807) is 6.92 Å². The lowest BCUT2D eigenvalue weighted by atomic mass is 10.3. The minimum absolute atomic E-state index is 0.0448. The number of hydrogen-bond donors (Lipinski definition) is 2. The van der Waals surface area contributed by atoms with Gasteiger partial charge in [0.2, 0.25) is 11.9 Å². The molecule has 21 heavy (non-hydrogen) atoms. The molecule has 0 radical (unpaired) electrons. The fraction of sp³-hybridized carbons (Fsp3) is 0.750. The molecule has 120 valence electrons. The Labute approximate surface area is 121 Å². The molecule has 1 heterocycles. The van der Waals surface area contributed by atoms with E-state index in [-0.39, 0.29) is 24.9 Å². The van der Waals surface area contributed by atoms with E-state index in [9.17, 15) is 13.2 Å². The van der Waals surface area contributed by atoms with E-state index in [1.807, 2.05) is 6.92 Å².